The molecule has 1 saturated heterocycles. The van der Waals surface area contributed by atoms with Crippen LogP contribution >= 0.6 is 23.1 Å². The van der Waals surface area contributed by atoms with Gasteiger partial charge in [0.1, 0.15) is 4.83 Å². The Morgan fingerprint density at radius 3 is 2.86 bits per heavy atom. The minimum Gasteiger partial charge on any atom is -0.376 e. The Hall–Kier alpha value is -2.16. The SMILES string of the molecule is Cc1ccc(-c2csc3nc(SCC(N)=O)n(C[C@@H]4CCCO4)c(=O)c23)cc1. The molecule has 0 radical (unpaired) electrons. The zero-order valence-electron chi connectivity index (χ0n) is 15.5. The third kappa shape index (κ3) is 3.85. The van der Waals surface area contributed by atoms with Gasteiger partial charge in [-0.2, -0.15) is 0 Å². The third-order valence-electron chi connectivity index (χ3n) is 4.78. The van der Waals surface area contributed by atoms with E-state index < -0.39 is 5.91 Å². The Kier molecular flexibility index (Phi) is 5.52. The number of amides is 1. The highest BCUT2D eigenvalue weighted by atomic mass is 32.2. The van der Waals surface area contributed by atoms with Gasteiger partial charge in [0.2, 0.25) is 5.91 Å². The lowest BCUT2D eigenvalue weighted by molar-refractivity contribution is -0.115. The molecule has 1 aromatic carbocycles. The summed E-state index contributed by atoms with van der Waals surface area (Å²) in [6.45, 7) is 3.19. The van der Waals surface area contributed by atoms with Gasteiger partial charge in [0.15, 0.2) is 5.16 Å². The van der Waals surface area contributed by atoms with Gasteiger partial charge < -0.3 is 10.5 Å². The second-order valence-corrected chi connectivity index (χ2v) is 8.70. The van der Waals surface area contributed by atoms with Crippen LogP contribution in [0.3, 0.4) is 0 Å². The van der Waals surface area contributed by atoms with E-state index in [9.17, 15) is 9.59 Å². The molecule has 0 saturated carbocycles. The predicted octanol–water partition coefficient (Wildman–Crippen LogP) is 3.19. The first-order chi connectivity index (χ1) is 13.5. The lowest BCUT2D eigenvalue weighted by Crippen LogP contribution is -2.29. The summed E-state index contributed by atoms with van der Waals surface area (Å²) < 4.78 is 7.38. The van der Waals surface area contributed by atoms with E-state index in [-0.39, 0.29) is 17.4 Å². The van der Waals surface area contributed by atoms with Crippen molar-refractivity contribution in [2.24, 2.45) is 5.73 Å². The van der Waals surface area contributed by atoms with E-state index in [1.807, 2.05) is 36.6 Å². The molecule has 28 heavy (non-hydrogen) atoms. The maximum Gasteiger partial charge on any atom is 0.263 e. The number of ether oxygens (including phenoxy) is 1. The number of aromatic nitrogens is 2. The van der Waals surface area contributed by atoms with Crippen molar-refractivity contribution < 1.29 is 9.53 Å². The summed E-state index contributed by atoms with van der Waals surface area (Å²) >= 11 is 2.64. The Morgan fingerprint density at radius 1 is 1.39 bits per heavy atom. The van der Waals surface area contributed by atoms with Gasteiger partial charge >= 0.3 is 0 Å². The summed E-state index contributed by atoms with van der Waals surface area (Å²) in [4.78, 5) is 30.1. The molecule has 1 aliphatic rings. The van der Waals surface area contributed by atoms with Crippen LogP contribution in [0.5, 0.6) is 0 Å². The van der Waals surface area contributed by atoms with Crippen LogP contribution in [0.1, 0.15) is 18.4 Å². The normalized spacial score (nSPS) is 16.7. The van der Waals surface area contributed by atoms with Gasteiger partial charge in [-0.1, -0.05) is 41.6 Å². The molecule has 2 aromatic heterocycles. The Morgan fingerprint density at radius 2 is 2.18 bits per heavy atom. The molecule has 0 bridgehead atoms. The van der Waals surface area contributed by atoms with Crippen molar-refractivity contribution in [3.63, 3.8) is 0 Å². The molecule has 0 spiro atoms. The number of nitrogens with two attached hydrogens (primary N) is 1. The summed E-state index contributed by atoms with van der Waals surface area (Å²) in [5, 5.41) is 3.11. The molecule has 6 nitrogen and oxygen atoms in total. The largest absolute Gasteiger partial charge is 0.376 e. The molecule has 3 aromatic rings. The number of primary amides is 1. The number of fused-ring (bicyclic) bond motifs is 1. The fourth-order valence-electron chi connectivity index (χ4n) is 3.35. The van der Waals surface area contributed by atoms with Crippen molar-refractivity contribution in [2.45, 2.75) is 37.6 Å². The molecule has 1 amide bonds. The zero-order chi connectivity index (χ0) is 19.7. The Labute approximate surface area is 170 Å². The minimum atomic E-state index is -0.436. The number of carbonyl (C=O) groups excluding carboxylic acids is 1. The number of hydrogen-bond donors (Lipinski definition) is 1. The number of thioether (sulfide) groups is 1. The van der Waals surface area contributed by atoms with E-state index in [4.69, 9.17) is 15.5 Å². The molecular weight excluding hydrogens is 394 g/mol. The van der Waals surface area contributed by atoms with Gasteiger partial charge in [0.25, 0.3) is 5.56 Å². The van der Waals surface area contributed by atoms with Crippen LogP contribution in [-0.4, -0.2) is 33.9 Å². The van der Waals surface area contributed by atoms with E-state index in [1.165, 1.54) is 28.7 Å². The lowest BCUT2D eigenvalue weighted by atomic mass is 10.1. The van der Waals surface area contributed by atoms with Crippen LogP contribution in [0, 0.1) is 6.92 Å². The third-order valence-corrected chi connectivity index (χ3v) is 6.65. The monoisotopic (exact) mass is 415 g/mol. The summed E-state index contributed by atoms with van der Waals surface area (Å²) in [6.07, 6.45) is 1.90. The van der Waals surface area contributed by atoms with Gasteiger partial charge in [0.05, 0.1) is 23.8 Å². The van der Waals surface area contributed by atoms with Crippen molar-refractivity contribution in [2.75, 3.05) is 12.4 Å². The van der Waals surface area contributed by atoms with E-state index in [1.54, 1.807) is 4.57 Å². The molecule has 1 aliphatic heterocycles. The molecule has 8 heteroatoms. The van der Waals surface area contributed by atoms with Crippen molar-refractivity contribution in [3.8, 4) is 11.1 Å². The van der Waals surface area contributed by atoms with E-state index in [0.29, 0.717) is 28.5 Å². The first-order valence-electron chi connectivity index (χ1n) is 9.14. The summed E-state index contributed by atoms with van der Waals surface area (Å²) in [6, 6.07) is 8.12. The fraction of sp³-hybridized carbons (Fsp3) is 0.350. The first-order valence-corrected chi connectivity index (χ1v) is 11.0. The molecule has 146 valence electrons. The number of hydrogen-bond acceptors (Lipinski definition) is 6. The van der Waals surface area contributed by atoms with Gasteiger partial charge in [-0.05, 0) is 25.3 Å². The molecular formula is C20H21N3O3S2. The van der Waals surface area contributed by atoms with Gasteiger partial charge in [-0.15, -0.1) is 11.3 Å². The molecule has 1 fully saturated rings. The summed E-state index contributed by atoms with van der Waals surface area (Å²) in [5.41, 5.74) is 8.27. The molecule has 3 heterocycles. The minimum absolute atomic E-state index is 0.00802. The van der Waals surface area contributed by atoms with Gasteiger partial charge in [-0.3, -0.25) is 14.2 Å². The second-order valence-electron chi connectivity index (χ2n) is 6.90. The van der Waals surface area contributed by atoms with E-state index >= 15 is 0 Å². The van der Waals surface area contributed by atoms with Crippen LogP contribution < -0.4 is 11.3 Å². The number of benzene rings is 1. The van der Waals surface area contributed by atoms with Crippen LogP contribution in [0.15, 0.2) is 39.6 Å². The molecule has 0 aliphatic carbocycles. The quantitative estimate of drug-likeness (QED) is 0.493. The average Bonchev–Trinajstić information content (AvgIpc) is 3.33. The summed E-state index contributed by atoms with van der Waals surface area (Å²) in [5.74, 6) is -0.353. The average molecular weight is 416 g/mol. The van der Waals surface area contributed by atoms with Crippen LogP contribution in [-0.2, 0) is 16.1 Å². The molecule has 2 N–H and O–H groups in total. The van der Waals surface area contributed by atoms with Crippen LogP contribution in [0.2, 0.25) is 0 Å². The van der Waals surface area contributed by atoms with Crippen molar-refractivity contribution in [1.82, 2.24) is 9.55 Å². The molecule has 4 rings (SSSR count). The number of rotatable bonds is 6. The van der Waals surface area contributed by atoms with Crippen molar-refractivity contribution in [3.05, 3.63) is 45.6 Å². The molecule has 1 atom stereocenters. The number of nitrogens with zero attached hydrogens (tertiary/aromatic N) is 2. The maximum atomic E-state index is 13.4. The van der Waals surface area contributed by atoms with Crippen LogP contribution in [0.25, 0.3) is 21.3 Å². The zero-order valence-corrected chi connectivity index (χ0v) is 17.1. The predicted molar refractivity (Wildman–Crippen MR) is 113 cm³/mol. The van der Waals surface area contributed by atoms with E-state index in [2.05, 4.69) is 0 Å². The van der Waals surface area contributed by atoms with Crippen molar-refractivity contribution in [1.29, 1.82) is 0 Å². The Balaban J connectivity index is 1.83. The number of carbonyl (C=O) groups is 1. The van der Waals surface area contributed by atoms with Gasteiger partial charge in [0, 0.05) is 17.6 Å². The van der Waals surface area contributed by atoms with Crippen molar-refractivity contribution >= 4 is 39.2 Å². The molecule has 0 unspecified atom stereocenters. The number of thiophene rings is 1. The maximum absolute atomic E-state index is 13.4. The second kappa shape index (κ2) is 8.06. The highest BCUT2D eigenvalue weighted by molar-refractivity contribution is 7.99. The first kappa shape index (κ1) is 19.2. The topological polar surface area (TPSA) is 87.2 Å². The highest BCUT2D eigenvalue weighted by Crippen LogP contribution is 2.32. The number of aryl methyl sites for hydroxylation is 1. The lowest BCUT2D eigenvalue weighted by Gasteiger charge is -2.15. The fourth-order valence-corrected chi connectivity index (χ4v) is 5.09. The van der Waals surface area contributed by atoms with Crippen LogP contribution in [0.4, 0.5) is 0 Å². The summed E-state index contributed by atoms with van der Waals surface area (Å²) in [7, 11) is 0. The highest BCUT2D eigenvalue weighted by Gasteiger charge is 2.22. The standard InChI is InChI=1S/C20H21N3O3S2/c1-12-4-6-13(7-5-12)15-10-27-18-17(15)19(25)23(9-14-3-2-8-26-14)20(22-18)28-11-16(21)24/h4-7,10,14H,2-3,8-9,11H2,1H3,(H2,21,24)/t14-/m0/s1. The van der Waals surface area contributed by atoms with E-state index in [0.717, 1.165) is 24.0 Å². The Bertz CT molecular complexity index is 1070. The van der Waals surface area contributed by atoms with Gasteiger partial charge in [-0.25, -0.2) is 4.98 Å². The smallest absolute Gasteiger partial charge is 0.263 e.